The molecule has 2 aromatic rings. The third-order valence-electron chi connectivity index (χ3n) is 10.3. The number of anilines is 1. The number of carbonyl (C=O) groups excluding carboxylic acids is 3. The van der Waals surface area contributed by atoms with Crippen molar-refractivity contribution in [3.05, 3.63) is 24.4 Å². The highest BCUT2D eigenvalue weighted by atomic mass is 16.6. The number of methoxy groups -OCH3 is 1. The molecule has 2 aliphatic rings. The van der Waals surface area contributed by atoms with Crippen molar-refractivity contribution in [2.75, 3.05) is 25.9 Å². The first kappa shape index (κ1) is 37.3. The van der Waals surface area contributed by atoms with Gasteiger partial charge in [0.2, 0.25) is 0 Å². The predicted octanol–water partition coefficient (Wildman–Crippen LogP) is 3.83. The lowest BCUT2D eigenvalue weighted by atomic mass is 9.62. The van der Waals surface area contributed by atoms with Gasteiger partial charge in [-0.25, -0.2) is 9.78 Å². The lowest BCUT2D eigenvalue weighted by Gasteiger charge is -2.41. The van der Waals surface area contributed by atoms with Crippen molar-refractivity contribution < 1.29 is 28.6 Å². The molecule has 14 heteroatoms. The first-order chi connectivity index (χ1) is 22.6. The van der Waals surface area contributed by atoms with Crippen molar-refractivity contribution >= 4 is 31.5 Å². The van der Waals surface area contributed by atoms with Crippen LogP contribution in [-0.2, 0) is 30.3 Å². The van der Waals surface area contributed by atoms with Gasteiger partial charge in [-0.15, -0.1) is 5.10 Å². The van der Waals surface area contributed by atoms with E-state index in [4.69, 9.17) is 27.8 Å². The molecule has 9 atom stereocenters. The Balaban J connectivity index is 1.54. The van der Waals surface area contributed by atoms with Crippen LogP contribution in [0, 0.1) is 17.8 Å². The number of cyclic esters (lactones) is 1. The van der Waals surface area contributed by atoms with E-state index in [1.807, 2.05) is 46.0 Å². The molecule has 0 aliphatic carbocycles. The van der Waals surface area contributed by atoms with E-state index in [0.717, 1.165) is 6.42 Å². The fraction of sp³-hybridized carbons (Fsp3) is 0.706. The molecule has 2 saturated heterocycles. The quantitative estimate of drug-likeness (QED) is 0.182. The van der Waals surface area contributed by atoms with Crippen LogP contribution in [0.3, 0.4) is 0 Å². The molecule has 2 radical (unpaired) electrons. The fourth-order valence-corrected chi connectivity index (χ4v) is 7.34. The number of ether oxygens (including phenoxy) is 3. The van der Waals surface area contributed by atoms with Crippen molar-refractivity contribution in [3.8, 4) is 11.4 Å². The zero-order chi connectivity index (χ0) is 35.4. The Kier molecular flexibility index (Phi) is 11.9. The fourth-order valence-electron chi connectivity index (χ4n) is 7.34. The van der Waals surface area contributed by atoms with Crippen LogP contribution >= 0.6 is 0 Å². The van der Waals surface area contributed by atoms with Gasteiger partial charge in [0, 0.05) is 32.2 Å². The molecule has 262 valence electrons. The van der Waals surface area contributed by atoms with E-state index in [1.54, 1.807) is 36.6 Å². The van der Waals surface area contributed by atoms with Crippen molar-refractivity contribution in [1.29, 1.82) is 0 Å². The van der Waals surface area contributed by atoms with Crippen LogP contribution in [0.25, 0.3) is 11.4 Å². The molecule has 2 aromatic heterocycles. The Morgan fingerprint density at radius 3 is 2.48 bits per heavy atom. The molecule has 2 aliphatic heterocycles. The van der Waals surface area contributed by atoms with Crippen LogP contribution in [-0.4, -0.2) is 100 Å². The standard InChI is InChI=1S/C34H52BN7O6/c1-9-26-34(7)30(23(5)37-18-20(2)17-33(6,46-8)29(35)21(3)28(43)22(4)31(44)47-26)42(32(45)48-34)16-11-10-15-41-19-25(39-40-41)24-13-12-14-27(36)38-24/h12-14,19-23,26,29-30,37H,9-11,15-18H2,1-8H3,(H2,36,38)/t20-,21+,22-,23-,26-,29-,30-,33-,34-/m1/s1. The van der Waals surface area contributed by atoms with Gasteiger partial charge in [0.05, 0.1) is 31.4 Å². The molecule has 4 rings (SSSR count). The molecule has 0 aromatic carbocycles. The van der Waals surface area contributed by atoms with Gasteiger partial charge in [-0.05, 0) is 83.8 Å². The van der Waals surface area contributed by atoms with Gasteiger partial charge in [-0.3, -0.25) is 19.2 Å². The lowest BCUT2D eigenvalue weighted by molar-refractivity contribution is -0.170. The van der Waals surface area contributed by atoms with E-state index in [1.165, 1.54) is 0 Å². The van der Waals surface area contributed by atoms with Crippen LogP contribution in [0.4, 0.5) is 10.6 Å². The summed E-state index contributed by atoms with van der Waals surface area (Å²) in [4.78, 5) is 46.6. The number of nitrogens with two attached hydrogens (primary N) is 1. The summed E-state index contributed by atoms with van der Waals surface area (Å²) in [7, 11) is 8.25. The minimum absolute atomic E-state index is 0.112. The van der Waals surface area contributed by atoms with Crippen LogP contribution in [0.5, 0.6) is 0 Å². The second-order valence-corrected chi connectivity index (χ2v) is 14.0. The van der Waals surface area contributed by atoms with Gasteiger partial charge in [-0.2, -0.15) is 0 Å². The number of unbranched alkanes of at least 4 members (excludes halogenated alkanes) is 1. The summed E-state index contributed by atoms with van der Waals surface area (Å²) in [5.74, 6) is -2.79. The number of nitrogens with one attached hydrogen (secondary N) is 1. The predicted molar refractivity (Wildman–Crippen MR) is 182 cm³/mol. The minimum Gasteiger partial charge on any atom is -0.458 e. The number of aromatic nitrogens is 4. The molecule has 0 spiro atoms. The molecule has 1 amide bonds. The lowest BCUT2D eigenvalue weighted by Crippen LogP contribution is -2.61. The summed E-state index contributed by atoms with van der Waals surface area (Å²) < 4.78 is 19.8. The maximum Gasteiger partial charge on any atom is 0.410 e. The summed E-state index contributed by atoms with van der Waals surface area (Å²) >= 11 is 0. The zero-order valence-corrected chi connectivity index (χ0v) is 29.6. The van der Waals surface area contributed by atoms with E-state index in [9.17, 15) is 14.4 Å². The highest BCUT2D eigenvalue weighted by molar-refractivity contribution is 6.15. The topological polar surface area (TPSA) is 164 Å². The highest BCUT2D eigenvalue weighted by Crippen LogP contribution is 2.40. The van der Waals surface area contributed by atoms with E-state index in [-0.39, 0.29) is 17.7 Å². The number of pyridine rings is 1. The highest BCUT2D eigenvalue weighted by Gasteiger charge is 2.58. The first-order valence-electron chi connectivity index (χ1n) is 17.1. The van der Waals surface area contributed by atoms with Gasteiger partial charge in [-0.1, -0.05) is 32.1 Å². The summed E-state index contributed by atoms with van der Waals surface area (Å²) in [6.07, 6.45) is 2.93. The summed E-state index contributed by atoms with van der Waals surface area (Å²) in [5, 5.41) is 12.1. The number of carbonyl (C=O) groups is 3. The van der Waals surface area contributed by atoms with E-state index in [0.29, 0.717) is 56.1 Å². The number of aryl methyl sites for hydroxylation is 1. The minimum atomic E-state index is -1.17. The first-order valence-corrected chi connectivity index (χ1v) is 17.1. The van der Waals surface area contributed by atoms with Crippen molar-refractivity contribution in [1.82, 2.24) is 30.2 Å². The third-order valence-corrected chi connectivity index (χ3v) is 10.3. The molecule has 4 heterocycles. The van der Waals surface area contributed by atoms with E-state index >= 15 is 0 Å². The van der Waals surface area contributed by atoms with E-state index in [2.05, 4.69) is 27.5 Å². The normalized spacial score (nSPS) is 33.8. The van der Waals surface area contributed by atoms with Crippen molar-refractivity contribution in [2.45, 2.75) is 116 Å². The molecule has 0 saturated carbocycles. The Morgan fingerprint density at radius 2 is 1.81 bits per heavy atom. The number of esters is 1. The molecule has 13 nitrogen and oxygen atoms in total. The van der Waals surface area contributed by atoms with Crippen LogP contribution in [0.1, 0.15) is 74.1 Å². The zero-order valence-electron chi connectivity index (χ0n) is 29.6. The Hall–Kier alpha value is -3.52. The molecular weight excluding hydrogens is 613 g/mol. The number of nitrogens with zero attached hydrogens (tertiary/aromatic N) is 5. The smallest absolute Gasteiger partial charge is 0.410 e. The molecule has 2 fully saturated rings. The number of ketones is 1. The van der Waals surface area contributed by atoms with Crippen molar-refractivity contribution in [3.63, 3.8) is 0 Å². The SMILES string of the molecule is [B][C@@H]1[C@@H](C)C(=O)[C@@H](C)C(=O)O[C@H](CC)[C@@]2(C)OC(=O)N(CCCCn3cc(-c4cccc(N)n4)nn3)[C@@H]2[C@@H](C)NC[C@H](C)C[C@@]1(C)OC. The number of fused-ring (bicyclic) bond motifs is 1. The number of hydrogen-bond donors (Lipinski definition) is 2. The largest absolute Gasteiger partial charge is 0.458 e. The molecule has 48 heavy (non-hydrogen) atoms. The summed E-state index contributed by atoms with van der Waals surface area (Å²) in [6, 6.07) is 4.67. The number of nitrogen functional groups attached to an aromatic ring is 1. The number of rotatable bonds is 8. The average molecular weight is 666 g/mol. The van der Waals surface area contributed by atoms with E-state index < -0.39 is 53.1 Å². The van der Waals surface area contributed by atoms with Crippen molar-refractivity contribution in [2.24, 2.45) is 17.8 Å². The molecule has 3 N–H and O–H groups in total. The molecule has 0 bridgehead atoms. The Morgan fingerprint density at radius 1 is 1.10 bits per heavy atom. The second-order valence-electron chi connectivity index (χ2n) is 14.0. The van der Waals surface area contributed by atoms with Gasteiger partial charge < -0.3 is 25.3 Å². The van der Waals surface area contributed by atoms with Crippen LogP contribution < -0.4 is 11.1 Å². The molecular formula is C34H52BN7O6. The number of amides is 1. The monoisotopic (exact) mass is 665 g/mol. The van der Waals surface area contributed by atoms with Gasteiger partial charge in [0.15, 0.2) is 5.60 Å². The van der Waals surface area contributed by atoms with Gasteiger partial charge in [0.1, 0.15) is 29.3 Å². The number of Topliss-reactive ketones (excluding diaryl/α,β-unsaturated/α-hetero) is 1. The second kappa shape index (κ2) is 15.4. The maximum absolute atomic E-state index is 13.6. The van der Waals surface area contributed by atoms with Crippen LogP contribution in [0.2, 0.25) is 5.82 Å². The summed E-state index contributed by atoms with van der Waals surface area (Å²) in [6.45, 7) is 14.6. The molecule has 0 unspecified atom stereocenters. The van der Waals surface area contributed by atoms with Gasteiger partial charge in [0.25, 0.3) is 0 Å². The Bertz CT molecular complexity index is 1440. The van der Waals surface area contributed by atoms with Gasteiger partial charge >= 0.3 is 12.1 Å². The maximum atomic E-state index is 13.6. The Labute approximate surface area is 285 Å². The summed E-state index contributed by atoms with van der Waals surface area (Å²) in [5.41, 5.74) is 5.11. The number of hydrogen-bond acceptors (Lipinski definition) is 11. The average Bonchev–Trinajstić information content (AvgIpc) is 3.64. The van der Waals surface area contributed by atoms with Crippen LogP contribution in [0.15, 0.2) is 24.4 Å². The third kappa shape index (κ3) is 7.85.